The molecule has 5 N–H and O–H groups in total. The van der Waals surface area contributed by atoms with E-state index in [9.17, 15) is 32.7 Å². The molecule has 1 aliphatic carbocycles. The second-order valence-corrected chi connectivity index (χ2v) is 20.5. The second-order valence-electron chi connectivity index (χ2n) is 17.4. The van der Waals surface area contributed by atoms with Gasteiger partial charge in [0.15, 0.2) is 0 Å². The molecule has 0 spiro atoms. The number of likely N-dealkylation sites (tertiary alicyclic amines) is 1. The number of hydrogen-bond acceptors (Lipinski definition) is 9. The molecule has 3 rings (SSSR count). The first-order chi connectivity index (χ1) is 25.1. The van der Waals surface area contributed by atoms with Crippen molar-refractivity contribution < 1.29 is 32.7 Å². The van der Waals surface area contributed by atoms with Crippen LogP contribution < -0.4 is 21.3 Å². The minimum absolute atomic E-state index is 0.0552. The van der Waals surface area contributed by atoms with Crippen LogP contribution in [0.5, 0.6) is 0 Å². The lowest BCUT2D eigenvalue weighted by molar-refractivity contribution is -0.142. The molecule has 1 aromatic heterocycles. The van der Waals surface area contributed by atoms with Gasteiger partial charge in [-0.2, -0.15) is 4.31 Å². The third kappa shape index (κ3) is 12.3. The molecule has 1 saturated heterocycles. The van der Waals surface area contributed by atoms with Crippen LogP contribution in [-0.2, 0) is 24.4 Å². The smallest absolute Gasteiger partial charge is 0.315 e. The highest BCUT2D eigenvalue weighted by molar-refractivity contribution is 7.91. The van der Waals surface area contributed by atoms with Crippen molar-refractivity contribution in [2.75, 3.05) is 26.2 Å². The molecular weight excluding hydrogens is 729 g/mol. The molecule has 0 aromatic carbocycles. The van der Waals surface area contributed by atoms with Crippen molar-refractivity contribution in [1.29, 1.82) is 0 Å². The molecule has 1 aromatic rings. The molecule has 0 bridgehead atoms. The van der Waals surface area contributed by atoms with Gasteiger partial charge in [-0.25, -0.2) is 13.2 Å². The summed E-state index contributed by atoms with van der Waals surface area (Å²) in [7, 11) is -3.78. The van der Waals surface area contributed by atoms with Crippen LogP contribution in [0.1, 0.15) is 101 Å². The number of rotatable bonds is 20. The lowest BCUT2D eigenvalue weighted by Crippen LogP contribution is -2.64. The number of thiophene rings is 1. The Morgan fingerprint density at radius 1 is 1.06 bits per heavy atom. The third-order valence-corrected chi connectivity index (χ3v) is 13.8. The largest absolute Gasteiger partial charge is 0.376 e. The number of sulfonamides is 1. The predicted molar refractivity (Wildman–Crippen MR) is 213 cm³/mol. The Labute approximate surface area is 327 Å². The topological polar surface area (TPSA) is 177 Å². The van der Waals surface area contributed by atoms with Crippen molar-refractivity contribution in [3.05, 3.63) is 30.2 Å². The molecule has 6 atom stereocenters. The van der Waals surface area contributed by atoms with Crippen LogP contribution in [0.3, 0.4) is 0 Å². The summed E-state index contributed by atoms with van der Waals surface area (Å²) < 4.78 is 29.2. The van der Waals surface area contributed by atoms with Gasteiger partial charge in [0.05, 0.1) is 18.1 Å². The zero-order chi connectivity index (χ0) is 40.6. The van der Waals surface area contributed by atoms with E-state index in [0.717, 1.165) is 19.3 Å². The number of nitrogens with zero attached hydrogens (tertiary/aromatic N) is 2. The zero-order valence-corrected chi connectivity index (χ0v) is 35.4. The van der Waals surface area contributed by atoms with E-state index >= 15 is 0 Å². The monoisotopic (exact) mass is 794 g/mol. The van der Waals surface area contributed by atoms with Crippen LogP contribution in [-0.4, -0.2) is 103 Å². The SMILES string of the molecule is C=CCNC(=O)C(=O)C(CCCC)NC(=O)[C@@H]1[C@@H](C(C)C)CCN1C(O)[C@@H](NC(=O)N[C@H](CN(CC1CC1)S(=O)(=O)c1cccs1)C(C)(C)C)C(C)(C)C. The molecule has 2 aliphatic rings. The molecule has 2 unspecified atom stereocenters. The summed E-state index contributed by atoms with van der Waals surface area (Å²) in [5, 5.41) is 25.3. The van der Waals surface area contributed by atoms with Crippen molar-refractivity contribution in [3.8, 4) is 0 Å². The van der Waals surface area contributed by atoms with E-state index in [1.807, 2.05) is 62.3 Å². The number of urea groups is 1. The van der Waals surface area contributed by atoms with Crippen LogP contribution in [0.15, 0.2) is 34.4 Å². The summed E-state index contributed by atoms with van der Waals surface area (Å²) in [6, 6.07) is -0.561. The minimum atomic E-state index is -3.78. The number of Topliss-reactive ketones (excluding diaryl/α,β-unsaturated/α-hetero) is 1. The van der Waals surface area contributed by atoms with Crippen LogP contribution in [0.4, 0.5) is 4.79 Å². The number of ketones is 1. The maximum Gasteiger partial charge on any atom is 0.315 e. The van der Waals surface area contributed by atoms with E-state index in [2.05, 4.69) is 27.8 Å². The Morgan fingerprint density at radius 3 is 2.24 bits per heavy atom. The minimum Gasteiger partial charge on any atom is -0.376 e. The average Bonchev–Trinajstić information content (AvgIpc) is 3.51. The van der Waals surface area contributed by atoms with Gasteiger partial charge in [0.1, 0.15) is 10.4 Å². The predicted octanol–water partition coefficient (Wildman–Crippen LogP) is 4.49. The van der Waals surface area contributed by atoms with Crippen molar-refractivity contribution in [2.45, 2.75) is 135 Å². The number of aliphatic hydroxyl groups is 1. The lowest BCUT2D eigenvalue weighted by Gasteiger charge is -2.42. The molecule has 306 valence electrons. The normalized spacial score (nSPS) is 20.6. The summed E-state index contributed by atoms with van der Waals surface area (Å²) in [5.74, 6) is -1.81. The van der Waals surface area contributed by atoms with Crippen molar-refractivity contribution in [3.63, 3.8) is 0 Å². The summed E-state index contributed by atoms with van der Waals surface area (Å²) in [4.78, 5) is 55.6. The fourth-order valence-corrected chi connectivity index (χ4v) is 9.61. The fourth-order valence-electron chi connectivity index (χ4n) is 6.93. The highest BCUT2D eigenvalue weighted by Crippen LogP contribution is 2.36. The number of hydrogen-bond donors (Lipinski definition) is 5. The van der Waals surface area contributed by atoms with Gasteiger partial charge in [-0.15, -0.1) is 17.9 Å². The van der Waals surface area contributed by atoms with E-state index in [1.165, 1.54) is 21.7 Å². The molecule has 15 heteroatoms. The van der Waals surface area contributed by atoms with Gasteiger partial charge in [-0.1, -0.05) is 87.3 Å². The Hall–Kier alpha value is -2.85. The fraction of sp³-hybridized carbons (Fsp3) is 0.744. The van der Waals surface area contributed by atoms with E-state index in [-0.39, 0.29) is 41.5 Å². The van der Waals surface area contributed by atoms with Gasteiger partial charge >= 0.3 is 6.03 Å². The van der Waals surface area contributed by atoms with Crippen molar-refractivity contribution >= 4 is 45.0 Å². The lowest BCUT2D eigenvalue weighted by atomic mass is 9.84. The highest BCUT2D eigenvalue weighted by Gasteiger charge is 2.48. The van der Waals surface area contributed by atoms with Gasteiger partial charge in [0.25, 0.3) is 15.9 Å². The van der Waals surface area contributed by atoms with E-state index in [0.29, 0.717) is 25.9 Å². The Morgan fingerprint density at radius 2 is 1.72 bits per heavy atom. The second kappa shape index (κ2) is 19.3. The first-order valence-electron chi connectivity index (χ1n) is 19.4. The first kappa shape index (κ1) is 45.5. The van der Waals surface area contributed by atoms with Crippen molar-refractivity contribution in [1.82, 2.24) is 30.5 Å². The van der Waals surface area contributed by atoms with E-state index < -0.39 is 74.9 Å². The van der Waals surface area contributed by atoms with Gasteiger partial charge in [0.2, 0.25) is 11.7 Å². The van der Waals surface area contributed by atoms with Gasteiger partial charge < -0.3 is 26.4 Å². The van der Waals surface area contributed by atoms with Crippen LogP contribution in [0.25, 0.3) is 0 Å². The molecule has 54 heavy (non-hydrogen) atoms. The zero-order valence-electron chi connectivity index (χ0n) is 33.8. The van der Waals surface area contributed by atoms with E-state index in [4.69, 9.17) is 0 Å². The number of aliphatic hydroxyl groups excluding tert-OH is 1. The Kier molecular flexibility index (Phi) is 16.3. The van der Waals surface area contributed by atoms with Gasteiger partial charge in [-0.3, -0.25) is 19.3 Å². The Balaban J connectivity index is 1.86. The number of carbonyl (C=O) groups excluding carboxylic acids is 4. The molecule has 13 nitrogen and oxygen atoms in total. The molecule has 2 heterocycles. The highest BCUT2D eigenvalue weighted by atomic mass is 32.2. The standard InChI is InChI=1S/C39H66N6O7S2/c1-11-13-15-28(32(46)35(48)40-20-12-2)41-34(47)31-27(25(3)4)19-21-45(31)36(49)33(39(8,9)10)43-37(50)42-29(38(5,6)7)24-44(23-26-17-18-26)54(51,52)30-16-14-22-53-30/h12,14,16,22,25-29,31,33,36,49H,2,11,13,15,17-21,23-24H2,1,3-10H3,(H,40,48)(H,41,47)(H2,42,43,50)/t27-,28?,29-,31+,33-,36?/m1/s1. The molecule has 0 radical (unpaired) electrons. The maximum atomic E-state index is 14.2. The van der Waals surface area contributed by atoms with Crippen LogP contribution in [0.2, 0.25) is 0 Å². The Bertz CT molecular complexity index is 1530. The molecule has 1 saturated carbocycles. The summed E-state index contributed by atoms with van der Waals surface area (Å²) >= 11 is 1.17. The summed E-state index contributed by atoms with van der Waals surface area (Å²) in [6.45, 7) is 22.0. The molecule has 2 fully saturated rings. The van der Waals surface area contributed by atoms with E-state index in [1.54, 1.807) is 22.4 Å². The number of carbonyl (C=O) groups is 4. The first-order valence-corrected chi connectivity index (χ1v) is 21.7. The third-order valence-electron chi connectivity index (χ3n) is 10.6. The number of nitrogens with one attached hydrogen (secondary N) is 4. The summed E-state index contributed by atoms with van der Waals surface area (Å²) in [6.07, 6.45) is 4.37. The van der Waals surface area contributed by atoms with Crippen LogP contribution >= 0.6 is 11.3 Å². The van der Waals surface area contributed by atoms with Gasteiger partial charge in [-0.05, 0) is 65.7 Å². The van der Waals surface area contributed by atoms with Crippen LogP contribution in [0, 0.1) is 28.6 Å². The summed E-state index contributed by atoms with van der Waals surface area (Å²) in [5.41, 5.74) is -1.22. The van der Waals surface area contributed by atoms with Gasteiger partial charge in [0, 0.05) is 32.2 Å². The van der Waals surface area contributed by atoms with Crippen molar-refractivity contribution in [2.24, 2.45) is 28.6 Å². The molecule has 4 amide bonds. The number of amides is 4. The maximum absolute atomic E-state index is 14.2. The quantitative estimate of drug-likeness (QED) is 0.0948. The molecular formula is C39H66N6O7S2. The number of unbranched alkanes of at least 4 members (excludes halogenated alkanes) is 1. The molecule has 1 aliphatic heterocycles. The average molecular weight is 795 g/mol.